The van der Waals surface area contributed by atoms with Gasteiger partial charge in [-0.2, -0.15) is 0 Å². The number of benzene rings is 1. The molecule has 114 valence electrons. The molecule has 1 unspecified atom stereocenters. The van der Waals surface area contributed by atoms with E-state index in [1.54, 1.807) is 0 Å². The first-order valence-electron chi connectivity index (χ1n) is 8.69. The Balaban J connectivity index is 1.40. The van der Waals surface area contributed by atoms with Crippen LogP contribution in [0.5, 0.6) is 0 Å². The van der Waals surface area contributed by atoms with Gasteiger partial charge < -0.3 is 15.5 Å². The van der Waals surface area contributed by atoms with E-state index >= 15 is 0 Å². The van der Waals surface area contributed by atoms with Gasteiger partial charge in [-0.1, -0.05) is 24.3 Å². The zero-order valence-corrected chi connectivity index (χ0v) is 12.9. The van der Waals surface area contributed by atoms with Gasteiger partial charge in [-0.05, 0) is 62.9 Å². The maximum atomic E-state index is 3.97. The molecule has 2 heterocycles. The van der Waals surface area contributed by atoms with Gasteiger partial charge in [0.2, 0.25) is 0 Å². The lowest BCUT2D eigenvalue weighted by atomic mass is 9.96. The first-order valence-corrected chi connectivity index (χ1v) is 8.69. The van der Waals surface area contributed by atoms with Gasteiger partial charge in [0.05, 0.1) is 0 Å². The quantitative estimate of drug-likeness (QED) is 0.893. The van der Waals surface area contributed by atoms with Gasteiger partial charge in [0, 0.05) is 24.7 Å². The van der Waals surface area contributed by atoms with Crippen molar-refractivity contribution in [2.45, 2.75) is 56.8 Å². The van der Waals surface area contributed by atoms with E-state index in [2.05, 4.69) is 39.8 Å². The number of likely N-dealkylation sites (tertiary alicyclic amines) is 1. The molecule has 0 amide bonds. The number of nitrogens with one attached hydrogen (secondary N) is 2. The van der Waals surface area contributed by atoms with E-state index in [0.717, 1.165) is 19.1 Å². The van der Waals surface area contributed by atoms with E-state index in [0.29, 0.717) is 12.1 Å². The van der Waals surface area contributed by atoms with Crippen molar-refractivity contribution in [3.63, 3.8) is 0 Å². The zero-order valence-electron chi connectivity index (χ0n) is 12.9. The van der Waals surface area contributed by atoms with Crippen molar-refractivity contribution in [3.8, 4) is 0 Å². The number of hydrogen-bond acceptors (Lipinski definition) is 3. The van der Waals surface area contributed by atoms with Gasteiger partial charge in [0.25, 0.3) is 0 Å². The number of hydrogen-bond donors (Lipinski definition) is 2. The Morgan fingerprint density at radius 1 is 1.00 bits per heavy atom. The van der Waals surface area contributed by atoms with Gasteiger partial charge in [0.1, 0.15) is 0 Å². The van der Waals surface area contributed by atoms with Crippen molar-refractivity contribution in [2.24, 2.45) is 0 Å². The van der Waals surface area contributed by atoms with Crippen molar-refractivity contribution >= 4 is 0 Å². The topological polar surface area (TPSA) is 27.3 Å². The summed E-state index contributed by atoms with van der Waals surface area (Å²) in [4.78, 5) is 2.71. The average Bonchev–Trinajstić information content (AvgIpc) is 3.36. The van der Waals surface area contributed by atoms with E-state index in [1.165, 1.54) is 56.3 Å². The first-order chi connectivity index (χ1) is 10.4. The molecule has 3 aliphatic rings. The fourth-order valence-corrected chi connectivity index (χ4v) is 3.99. The maximum absolute atomic E-state index is 3.97. The van der Waals surface area contributed by atoms with Crippen molar-refractivity contribution < 1.29 is 0 Å². The predicted molar refractivity (Wildman–Crippen MR) is 86.3 cm³/mol. The molecular formula is C18H27N3. The lowest BCUT2D eigenvalue weighted by Gasteiger charge is -2.35. The monoisotopic (exact) mass is 285 g/mol. The molecule has 1 saturated heterocycles. The lowest BCUT2D eigenvalue weighted by molar-refractivity contribution is 0.182. The summed E-state index contributed by atoms with van der Waals surface area (Å²) in [5.74, 6) is 0. The van der Waals surface area contributed by atoms with Crippen LogP contribution in [0.4, 0.5) is 0 Å². The van der Waals surface area contributed by atoms with Crippen molar-refractivity contribution in [1.29, 1.82) is 0 Å². The minimum absolute atomic E-state index is 0.536. The minimum Gasteiger partial charge on any atom is -0.313 e. The number of rotatable bonds is 3. The van der Waals surface area contributed by atoms with E-state index < -0.39 is 0 Å². The SMILES string of the molecule is c1ccc2c(c1)CNCCC2NC1CCN(C2CC2)CC1. The van der Waals surface area contributed by atoms with Gasteiger partial charge >= 0.3 is 0 Å². The molecule has 0 radical (unpaired) electrons. The third-order valence-corrected chi connectivity index (χ3v) is 5.39. The minimum atomic E-state index is 0.536. The zero-order chi connectivity index (χ0) is 14.1. The Hall–Kier alpha value is -0.900. The van der Waals surface area contributed by atoms with E-state index in [9.17, 15) is 0 Å². The molecule has 1 aromatic rings. The molecule has 4 rings (SSSR count). The third-order valence-electron chi connectivity index (χ3n) is 5.39. The van der Waals surface area contributed by atoms with Crippen molar-refractivity contribution in [3.05, 3.63) is 35.4 Å². The summed E-state index contributed by atoms with van der Waals surface area (Å²) in [6.07, 6.45) is 6.74. The van der Waals surface area contributed by atoms with Gasteiger partial charge in [-0.25, -0.2) is 0 Å². The Morgan fingerprint density at radius 2 is 1.81 bits per heavy atom. The highest BCUT2D eigenvalue weighted by molar-refractivity contribution is 5.31. The fourth-order valence-electron chi connectivity index (χ4n) is 3.99. The van der Waals surface area contributed by atoms with Crippen LogP contribution in [0.2, 0.25) is 0 Å². The molecule has 21 heavy (non-hydrogen) atoms. The van der Waals surface area contributed by atoms with Gasteiger partial charge in [-0.15, -0.1) is 0 Å². The molecule has 3 heteroatoms. The number of fused-ring (bicyclic) bond motifs is 1. The summed E-state index contributed by atoms with van der Waals surface area (Å²) in [5.41, 5.74) is 3.00. The molecule has 2 fully saturated rings. The Bertz CT molecular complexity index is 475. The smallest absolute Gasteiger partial charge is 0.0337 e. The predicted octanol–water partition coefficient (Wildman–Crippen LogP) is 2.44. The van der Waals surface area contributed by atoms with Crippen LogP contribution in [-0.4, -0.2) is 36.6 Å². The molecule has 3 nitrogen and oxygen atoms in total. The van der Waals surface area contributed by atoms with Crippen LogP contribution in [0.3, 0.4) is 0 Å². The largest absolute Gasteiger partial charge is 0.313 e. The van der Waals surface area contributed by atoms with Crippen LogP contribution in [0.15, 0.2) is 24.3 Å². The van der Waals surface area contributed by atoms with E-state index in [-0.39, 0.29) is 0 Å². The molecule has 1 aliphatic carbocycles. The molecule has 0 aromatic heterocycles. The molecular weight excluding hydrogens is 258 g/mol. The van der Waals surface area contributed by atoms with Gasteiger partial charge in [-0.3, -0.25) is 0 Å². The second kappa shape index (κ2) is 6.07. The molecule has 0 spiro atoms. The number of piperidine rings is 1. The van der Waals surface area contributed by atoms with E-state index in [1.807, 2.05) is 0 Å². The average molecular weight is 285 g/mol. The summed E-state index contributed by atoms with van der Waals surface area (Å²) in [6.45, 7) is 4.74. The summed E-state index contributed by atoms with van der Waals surface area (Å²) < 4.78 is 0. The number of nitrogens with zero attached hydrogens (tertiary/aromatic N) is 1. The van der Waals surface area contributed by atoms with Crippen molar-refractivity contribution in [2.75, 3.05) is 19.6 Å². The van der Waals surface area contributed by atoms with Crippen LogP contribution in [0.1, 0.15) is 49.3 Å². The van der Waals surface area contributed by atoms with Crippen LogP contribution in [0.25, 0.3) is 0 Å². The normalized spacial score (nSPS) is 28.1. The fraction of sp³-hybridized carbons (Fsp3) is 0.667. The molecule has 2 N–H and O–H groups in total. The van der Waals surface area contributed by atoms with Crippen LogP contribution < -0.4 is 10.6 Å². The van der Waals surface area contributed by atoms with Crippen molar-refractivity contribution in [1.82, 2.24) is 15.5 Å². The Kier molecular flexibility index (Phi) is 3.97. The summed E-state index contributed by atoms with van der Waals surface area (Å²) in [6, 6.07) is 11.1. The molecule has 0 bridgehead atoms. The maximum Gasteiger partial charge on any atom is 0.0337 e. The second-order valence-corrected chi connectivity index (χ2v) is 6.92. The lowest BCUT2D eigenvalue weighted by Crippen LogP contribution is -2.44. The van der Waals surface area contributed by atoms with Gasteiger partial charge in [0.15, 0.2) is 0 Å². The second-order valence-electron chi connectivity index (χ2n) is 6.92. The molecule has 1 aromatic carbocycles. The highest BCUT2D eigenvalue weighted by atomic mass is 15.2. The summed E-state index contributed by atoms with van der Waals surface area (Å²) in [5, 5.41) is 7.52. The van der Waals surface area contributed by atoms with E-state index in [4.69, 9.17) is 0 Å². The molecule has 1 atom stereocenters. The van der Waals surface area contributed by atoms with Crippen LogP contribution >= 0.6 is 0 Å². The molecule has 2 aliphatic heterocycles. The van der Waals surface area contributed by atoms with Crippen LogP contribution in [-0.2, 0) is 6.54 Å². The highest BCUT2D eigenvalue weighted by Crippen LogP contribution is 2.30. The standard InChI is InChI=1S/C18H27N3/c1-2-4-17-14(3-1)13-19-10-7-18(17)20-15-8-11-21(12-9-15)16-5-6-16/h1-4,15-16,18-20H,5-13H2. The Morgan fingerprint density at radius 3 is 2.62 bits per heavy atom. The summed E-state index contributed by atoms with van der Waals surface area (Å²) >= 11 is 0. The Labute approximate surface area is 128 Å². The van der Waals surface area contributed by atoms with Crippen LogP contribution in [0, 0.1) is 0 Å². The third kappa shape index (κ3) is 3.15. The summed E-state index contributed by atoms with van der Waals surface area (Å²) in [7, 11) is 0. The first kappa shape index (κ1) is 13.7. The molecule has 1 saturated carbocycles. The highest BCUT2D eigenvalue weighted by Gasteiger charge is 2.32.